The lowest BCUT2D eigenvalue weighted by Crippen LogP contribution is -2.06. The summed E-state index contributed by atoms with van der Waals surface area (Å²) in [6.45, 7) is 3.83. The molecule has 1 rings (SSSR count). The molecule has 0 saturated heterocycles. The molecule has 0 aliphatic rings. The van der Waals surface area contributed by atoms with Crippen LogP contribution in [0.5, 0.6) is 0 Å². The molecule has 1 aromatic rings. The van der Waals surface area contributed by atoms with Crippen molar-refractivity contribution >= 4 is 5.97 Å². The average molecular weight is 192 g/mol. The quantitative estimate of drug-likeness (QED) is 0.724. The van der Waals surface area contributed by atoms with Gasteiger partial charge in [-0.2, -0.15) is 0 Å². The van der Waals surface area contributed by atoms with E-state index in [4.69, 9.17) is 9.84 Å². The van der Waals surface area contributed by atoms with Crippen molar-refractivity contribution in [1.29, 1.82) is 0 Å². The Morgan fingerprint density at radius 3 is 2.57 bits per heavy atom. The van der Waals surface area contributed by atoms with Gasteiger partial charge in [0.1, 0.15) is 0 Å². The van der Waals surface area contributed by atoms with Crippen molar-refractivity contribution in [1.82, 2.24) is 0 Å². The normalized spacial score (nSPS) is 9.71. The van der Waals surface area contributed by atoms with E-state index in [0.29, 0.717) is 6.61 Å². The van der Waals surface area contributed by atoms with E-state index < -0.39 is 5.97 Å². The van der Waals surface area contributed by atoms with Crippen LogP contribution in [0.25, 0.3) is 0 Å². The van der Waals surface area contributed by atoms with E-state index in [1.54, 1.807) is 0 Å². The van der Waals surface area contributed by atoms with Crippen LogP contribution in [0.4, 0.5) is 0 Å². The van der Waals surface area contributed by atoms with Gasteiger partial charge in [-0.05, 0) is 5.56 Å². The Morgan fingerprint density at radius 1 is 1.36 bits per heavy atom. The number of rotatable bonds is 5. The second kappa shape index (κ2) is 5.19. The maximum absolute atomic E-state index is 10.4. The van der Waals surface area contributed by atoms with Gasteiger partial charge in [0.15, 0.2) is 0 Å². The van der Waals surface area contributed by atoms with Crippen LogP contribution in [0.1, 0.15) is 5.56 Å². The van der Waals surface area contributed by atoms with Crippen molar-refractivity contribution in [2.45, 2.75) is 6.61 Å². The Hall–Kier alpha value is -1.61. The summed E-state index contributed by atoms with van der Waals surface area (Å²) in [7, 11) is 0. The second-order valence-electron chi connectivity index (χ2n) is 2.89. The molecule has 0 radical (unpaired) electrons. The van der Waals surface area contributed by atoms with Crippen molar-refractivity contribution < 1.29 is 14.6 Å². The molecule has 0 fully saturated rings. The first-order valence-corrected chi connectivity index (χ1v) is 4.23. The molecule has 0 amide bonds. The van der Waals surface area contributed by atoms with Gasteiger partial charge < -0.3 is 9.84 Å². The number of benzene rings is 1. The van der Waals surface area contributed by atoms with Crippen molar-refractivity contribution in [3.05, 3.63) is 48.0 Å². The van der Waals surface area contributed by atoms with E-state index >= 15 is 0 Å². The van der Waals surface area contributed by atoms with Gasteiger partial charge >= 0.3 is 5.97 Å². The summed E-state index contributed by atoms with van der Waals surface area (Å²) < 4.78 is 5.16. The fourth-order valence-corrected chi connectivity index (χ4v) is 0.928. The molecular weight excluding hydrogens is 180 g/mol. The fourth-order valence-electron chi connectivity index (χ4n) is 0.928. The van der Waals surface area contributed by atoms with Crippen molar-refractivity contribution in [2.24, 2.45) is 0 Å². The van der Waals surface area contributed by atoms with Crippen molar-refractivity contribution in [3.8, 4) is 0 Å². The van der Waals surface area contributed by atoms with Crippen LogP contribution in [0.15, 0.2) is 42.5 Å². The molecule has 74 valence electrons. The summed E-state index contributed by atoms with van der Waals surface area (Å²) in [6.07, 6.45) is 0. The van der Waals surface area contributed by atoms with E-state index in [-0.39, 0.29) is 12.2 Å². The number of aliphatic carboxylic acids is 1. The molecule has 0 spiro atoms. The Bertz CT molecular complexity index is 317. The van der Waals surface area contributed by atoms with Gasteiger partial charge in [0.05, 0.1) is 18.8 Å². The highest BCUT2D eigenvalue weighted by Crippen LogP contribution is 2.01. The third-order valence-electron chi connectivity index (χ3n) is 1.69. The van der Waals surface area contributed by atoms with Gasteiger partial charge in [0.2, 0.25) is 0 Å². The van der Waals surface area contributed by atoms with Crippen LogP contribution in [0.3, 0.4) is 0 Å². The maximum Gasteiger partial charge on any atom is 0.333 e. The van der Waals surface area contributed by atoms with Crippen LogP contribution in [-0.2, 0) is 16.1 Å². The predicted molar refractivity (Wildman–Crippen MR) is 52.9 cm³/mol. The molecule has 1 aromatic carbocycles. The second-order valence-corrected chi connectivity index (χ2v) is 2.89. The zero-order valence-electron chi connectivity index (χ0n) is 7.77. The summed E-state index contributed by atoms with van der Waals surface area (Å²) in [5, 5.41) is 8.50. The molecule has 0 aliphatic heterocycles. The smallest absolute Gasteiger partial charge is 0.333 e. The van der Waals surface area contributed by atoms with Gasteiger partial charge in [-0.1, -0.05) is 36.9 Å². The maximum atomic E-state index is 10.4. The molecule has 0 aromatic heterocycles. The molecule has 0 heterocycles. The minimum atomic E-state index is -1.02. The molecule has 3 heteroatoms. The zero-order valence-corrected chi connectivity index (χ0v) is 7.77. The summed E-state index contributed by atoms with van der Waals surface area (Å²) >= 11 is 0. The molecule has 0 aliphatic carbocycles. The molecule has 0 unspecified atom stereocenters. The first-order valence-electron chi connectivity index (χ1n) is 4.23. The number of hydrogen-bond donors (Lipinski definition) is 1. The Balaban J connectivity index is 2.29. The van der Waals surface area contributed by atoms with E-state index in [1.165, 1.54) is 0 Å². The van der Waals surface area contributed by atoms with Gasteiger partial charge in [-0.15, -0.1) is 0 Å². The summed E-state index contributed by atoms with van der Waals surface area (Å²) in [5.41, 5.74) is 1.09. The first kappa shape index (κ1) is 10.5. The largest absolute Gasteiger partial charge is 0.478 e. The van der Waals surface area contributed by atoms with Gasteiger partial charge in [0.25, 0.3) is 0 Å². The highest BCUT2D eigenvalue weighted by atomic mass is 16.5. The van der Waals surface area contributed by atoms with E-state index in [0.717, 1.165) is 5.56 Å². The lowest BCUT2D eigenvalue weighted by atomic mass is 10.2. The Morgan fingerprint density at radius 2 is 2.00 bits per heavy atom. The zero-order chi connectivity index (χ0) is 10.4. The molecule has 3 nitrogen and oxygen atoms in total. The van der Waals surface area contributed by atoms with Gasteiger partial charge in [0, 0.05) is 0 Å². The summed E-state index contributed by atoms with van der Waals surface area (Å²) in [6, 6.07) is 9.57. The molecule has 0 atom stereocenters. The third-order valence-corrected chi connectivity index (χ3v) is 1.69. The molecule has 0 bridgehead atoms. The number of carboxylic acids is 1. The minimum absolute atomic E-state index is 0.0597. The van der Waals surface area contributed by atoms with Crippen LogP contribution in [0.2, 0.25) is 0 Å². The number of ether oxygens (including phenoxy) is 1. The molecule has 1 N–H and O–H groups in total. The molecule has 14 heavy (non-hydrogen) atoms. The SMILES string of the molecule is C=C(COCc1ccccc1)C(=O)O. The van der Waals surface area contributed by atoms with Crippen molar-refractivity contribution in [3.63, 3.8) is 0 Å². The van der Waals surface area contributed by atoms with E-state index in [2.05, 4.69) is 6.58 Å². The van der Waals surface area contributed by atoms with E-state index in [9.17, 15) is 4.79 Å². The minimum Gasteiger partial charge on any atom is -0.478 e. The van der Waals surface area contributed by atoms with Crippen LogP contribution in [0, 0.1) is 0 Å². The molecular formula is C11H12O3. The van der Waals surface area contributed by atoms with Gasteiger partial charge in [-0.3, -0.25) is 0 Å². The summed E-state index contributed by atoms with van der Waals surface area (Å²) in [5.74, 6) is -1.02. The lowest BCUT2D eigenvalue weighted by molar-refractivity contribution is -0.133. The third kappa shape index (κ3) is 3.41. The van der Waals surface area contributed by atoms with Crippen LogP contribution in [-0.4, -0.2) is 17.7 Å². The van der Waals surface area contributed by atoms with E-state index in [1.807, 2.05) is 30.3 Å². The standard InChI is InChI=1S/C11H12O3/c1-9(11(12)13)7-14-8-10-5-3-2-4-6-10/h2-6H,1,7-8H2,(H,12,13). The number of hydrogen-bond acceptors (Lipinski definition) is 2. The predicted octanol–water partition coefficient (Wildman–Crippen LogP) is 1.84. The van der Waals surface area contributed by atoms with Crippen LogP contribution < -0.4 is 0 Å². The highest BCUT2D eigenvalue weighted by Gasteiger charge is 2.02. The first-order chi connectivity index (χ1) is 6.70. The van der Waals surface area contributed by atoms with Crippen molar-refractivity contribution in [2.75, 3.05) is 6.61 Å². The van der Waals surface area contributed by atoms with Gasteiger partial charge in [-0.25, -0.2) is 4.79 Å². The number of carboxylic acid groups (broad SMARTS) is 1. The fraction of sp³-hybridized carbons (Fsp3) is 0.182. The topological polar surface area (TPSA) is 46.5 Å². The highest BCUT2D eigenvalue weighted by molar-refractivity contribution is 5.85. The number of carbonyl (C=O) groups is 1. The summed E-state index contributed by atoms with van der Waals surface area (Å²) in [4.78, 5) is 10.4. The Kier molecular flexibility index (Phi) is 3.88. The Labute approximate surface area is 82.6 Å². The average Bonchev–Trinajstić information content (AvgIpc) is 2.19. The van der Waals surface area contributed by atoms with Crippen LogP contribution >= 0.6 is 0 Å². The molecule has 0 saturated carbocycles. The lowest BCUT2D eigenvalue weighted by Gasteiger charge is -2.03. The monoisotopic (exact) mass is 192 g/mol.